The minimum absolute atomic E-state index is 0.0685. The fraction of sp³-hybridized carbons (Fsp3) is 0.375. The molecular weight excluding hydrogens is 352 g/mol. The molecule has 6 nitrogen and oxygen atoms in total. The number of methoxy groups -OCH3 is 1. The number of anilines is 1. The van der Waals surface area contributed by atoms with Crippen molar-refractivity contribution in [3.63, 3.8) is 0 Å². The second kappa shape index (κ2) is 7.38. The number of aromatic nitrogens is 1. The maximum absolute atomic E-state index is 11.2. The molecule has 0 atom stereocenters. The Balaban J connectivity index is 1.99. The first-order valence-corrected chi connectivity index (χ1v) is 8.66. The quantitative estimate of drug-likeness (QED) is 0.874. The molecule has 8 heteroatoms. The molecule has 3 rings (SSSR count). The number of nitrogens with zero attached hydrogens (tertiary/aromatic N) is 2. The first-order valence-electron chi connectivity index (χ1n) is 7.46. The maximum Gasteiger partial charge on any atom is 0.308 e. The third kappa shape index (κ3) is 3.63. The Kier molecular flexibility index (Phi) is 5.23. The van der Waals surface area contributed by atoms with E-state index >= 15 is 0 Å². The summed E-state index contributed by atoms with van der Waals surface area (Å²) in [5.74, 6) is -0.308. The summed E-state index contributed by atoms with van der Waals surface area (Å²) in [6.45, 7) is 2.81. The molecule has 2 heterocycles. The Labute approximate surface area is 148 Å². The number of morpholine rings is 1. The molecule has 0 aliphatic carbocycles. The summed E-state index contributed by atoms with van der Waals surface area (Å²) in [7, 11) is 1.55. The highest BCUT2D eigenvalue weighted by atomic mass is 35.5. The van der Waals surface area contributed by atoms with Crippen LogP contribution in [0.15, 0.2) is 18.2 Å². The summed E-state index contributed by atoms with van der Waals surface area (Å²) < 4.78 is 10.5. The van der Waals surface area contributed by atoms with E-state index in [-0.39, 0.29) is 6.42 Å². The van der Waals surface area contributed by atoms with Gasteiger partial charge in [0.25, 0.3) is 0 Å². The van der Waals surface area contributed by atoms with Crippen LogP contribution in [0, 0.1) is 0 Å². The van der Waals surface area contributed by atoms with Crippen molar-refractivity contribution in [2.24, 2.45) is 0 Å². The van der Waals surface area contributed by atoms with E-state index in [0.717, 1.165) is 23.8 Å². The number of halogens is 1. The Bertz CT molecular complexity index is 744. The largest absolute Gasteiger partial charge is 0.495 e. The second-order valence-corrected chi connectivity index (χ2v) is 6.76. The molecule has 0 spiro atoms. The molecule has 1 saturated heterocycles. The fourth-order valence-corrected chi connectivity index (χ4v) is 3.91. The summed E-state index contributed by atoms with van der Waals surface area (Å²) >= 11 is 7.61. The van der Waals surface area contributed by atoms with Gasteiger partial charge in [0.2, 0.25) is 0 Å². The van der Waals surface area contributed by atoms with Gasteiger partial charge in [0.1, 0.15) is 5.75 Å². The first-order chi connectivity index (χ1) is 11.6. The summed E-state index contributed by atoms with van der Waals surface area (Å²) in [5, 5.41) is 10.5. The molecule has 0 radical (unpaired) electrons. The molecule has 1 aliphatic heterocycles. The molecule has 24 heavy (non-hydrogen) atoms. The van der Waals surface area contributed by atoms with Gasteiger partial charge < -0.3 is 19.5 Å². The van der Waals surface area contributed by atoms with Crippen LogP contribution in [-0.2, 0) is 16.0 Å². The molecule has 128 valence electrons. The Morgan fingerprint density at radius 2 is 2.21 bits per heavy atom. The second-order valence-electron chi connectivity index (χ2n) is 5.29. The number of hydrogen-bond acceptors (Lipinski definition) is 6. The lowest BCUT2D eigenvalue weighted by atomic mass is 10.1. The topological polar surface area (TPSA) is 71.9 Å². The SMILES string of the molecule is COc1ccc(-c2nc(N3CCOCC3)sc2CC(=O)O)cc1Cl. The predicted octanol–water partition coefficient (Wildman–Crippen LogP) is 2.94. The Morgan fingerprint density at radius 1 is 1.46 bits per heavy atom. The van der Waals surface area contributed by atoms with Gasteiger partial charge in [-0.3, -0.25) is 4.79 Å². The highest BCUT2D eigenvalue weighted by Gasteiger charge is 2.21. The van der Waals surface area contributed by atoms with E-state index < -0.39 is 5.97 Å². The van der Waals surface area contributed by atoms with Crippen molar-refractivity contribution < 1.29 is 19.4 Å². The van der Waals surface area contributed by atoms with Gasteiger partial charge in [0.15, 0.2) is 5.13 Å². The molecule has 0 saturated carbocycles. The van der Waals surface area contributed by atoms with Gasteiger partial charge in [-0.15, -0.1) is 11.3 Å². The van der Waals surface area contributed by atoms with Gasteiger partial charge in [0.05, 0.1) is 37.5 Å². The summed E-state index contributed by atoms with van der Waals surface area (Å²) in [5.41, 5.74) is 1.45. The van der Waals surface area contributed by atoms with Gasteiger partial charge >= 0.3 is 5.97 Å². The summed E-state index contributed by atoms with van der Waals surface area (Å²) in [4.78, 5) is 18.7. The molecule has 1 aromatic carbocycles. The number of carboxylic acid groups (broad SMARTS) is 1. The lowest BCUT2D eigenvalue weighted by Crippen LogP contribution is -2.36. The van der Waals surface area contributed by atoms with E-state index in [2.05, 4.69) is 9.88 Å². The lowest BCUT2D eigenvalue weighted by molar-refractivity contribution is -0.136. The van der Waals surface area contributed by atoms with Gasteiger partial charge in [-0.05, 0) is 18.2 Å². The number of benzene rings is 1. The first kappa shape index (κ1) is 17.0. The van der Waals surface area contributed by atoms with E-state index in [1.54, 1.807) is 19.2 Å². The molecule has 1 fully saturated rings. The third-order valence-electron chi connectivity index (χ3n) is 3.70. The number of hydrogen-bond donors (Lipinski definition) is 1. The van der Waals surface area contributed by atoms with Crippen molar-refractivity contribution in [2.75, 3.05) is 38.3 Å². The molecule has 0 amide bonds. The van der Waals surface area contributed by atoms with Gasteiger partial charge in [-0.1, -0.05) is 11.6 Å². The highest BCUT2D eigenvalue weighted by molar-refractivity contribution is 7.16. The maximum atomic E-state index is 11.2. The van der Waals surface area contributed by atoms with E-state index in [1.807, 2.05) is 6.07 Å². The average Bonchev–Trinajstić information content (AvgIpc) is 2.98. The molecule has 0 bridgehead atoms. The number of carbonyl (C=O) groups is 1. The van der Waals surface area contributed by atoms with Crippen LogP contribution in [0.4, 0.5) is 5.13 Å². The molecular formula is C16H17ClN2O4S. The van der Waals surface area contributed by atoms with Crippen LogP contribution in [0.1, 0.15) is 4.88 Å². The highest BCUT2D eigenvalue weighted by Crippen LogP contribution is 2.36. The van der Waals surface area contributed by atoms with Crippen LogP contribution in [0.25, 0.3) is 11.3 Å². The van der Waals surface area contributed by atoms with Crippen molar-refractivity contribution in [3.8, 4) is 17.0 Å². The third-order valence-corrected chi connectivity index (χ3v) is 5.12. The van der Waals surface area contributed by atoms with E-state index in [0.29, 0.717) is 34.6 Å². The standard InChI is InChI=1S/C16H17ClN2O4S/c1-22-12-3-2-10(8-11(12)17)15-13(9-14(20)21)24-16(18-15)19-4-6-23-7-5-19/h2-3,8H,4-7,9H2,1H3,(H,20,21). The Hall–Kier alpha value is -1.83. The number of aliphatic carboxylic acids is 1. The fourth-order valence-electron chi connectivity index (χ4n) is 2.53. The predicted molar refractivity (Wildman–Crippen MR) is 93.5 cm³/mol. The molecule has 1 N–H and O–H groups in total. The van der Waals surface area contributed by atoms with Crippen LogP contribution >= 0.6 is 22.9 Å². The smallest absolute Gasteiger partial charge is 0.308 e. The average molecular weight is 369 g/mol. The molecule has 1 aromatic heterocycles. The number of carboxylic acids is 1. The van der Waals surface area contributed by atoms with Crippen molar-refractivity contribution in [1.29, 1.82) is 0 Å². The zero-order valence-electron chi connectivity index (χ0n) is 13.1. The van der Waals surface area contributed by atoms with E-state index in [9.17, 15) is 9.90 Å². The molecule has 1 aliphatic rings. The van der Waals surface area contributed by atoms with Crippen LogP contribution in [0.5, 0.6) is 5.75 Å². The normalized spacial score (nSPS) is 14.7. The zero-order chi connectivity index (χ0) is 17.1. The van der Waals surface area contributed by atoms with E-state index in [4.69, 9.17) is 21.1 Å². The molecule has 0 unspecified atom stereocenters. The van der Waals surface area contributed by atoms with Crippen molar-refractivity contribution in [1.82, 2.24) is 4.98 Å². The van der Waals surface area contributed by atoms with Crippen LogP contribution in [0.2, 0.25) is 5.02 Å². The molecule has 2 aromatic rings. The number of ether oxygens (including phenoxy) is 2. The monoisotopic (exact) mass is 368 g/mol. The minimum Gasteiger partial charge on any atom is -0.495 e. The lowest BCUT2D eigenvalue weighted by Gasteiger charge is -2.26. The minimum atomic E-state index is -0.881. The number of rotatable bonds is 5. The van der Waals surface area contributed by atoms with E-state index in [1.165, 1.54) is 11.3 Å². The van der Waals surface area contributed by atoms with Crippen LogP contribution < -0.4 is 9.64 Å². The summed E-state index contributed by atoms with van der Waals surface area (Å²) in [6.07, 6.45) is -0.0685. The van der Waals surface area contributed by atoms with Gasteiger partial charge in [-0.2, -0.15) is 0 Å². The van der Waals surface area contributed by atoms with Crippen molar-refractivity contribution >= 4 is 34.0 Å². The Morgan fingerprint density at radius 3 is 2.83 bits per heavy atom. The van der Waals surface area contributed by atoms with Crippen molar-refractivity contribution in [3.05, 3.63) is 28.1 Å². The zero-order valence-corrected chi connectivity index (χ0v) is 14.7. The van der Waals surface area contributed by atoms with Crippen molar-refractivity contribution in [2.45, 2.75) is 6.42 Å². The van der Waals surface area contributed by atoms with Gasteiger partial charge in [-0.25, -0.2) is 4.98 Å². The van der Waals surface area contributed by atoms with Gasteiger partial charge in [0, 0.05) is 23.5 Å². The van der Waals surface area contributed by atoms with Crippen LogP contribution in [0.3, 0.4) is 0 Å². The number of thiazole rings is 1. The van der Waals surface area contributed by atoms with Crippen LogP contribution in [-0.4, -0.2) is 49.5 Å². The summed E-state index contributed by atoms with van der Waals surface area (Å²) in [6, 6.07) is 5.36.